The third-order valence-corrected chi connectivity index (χ3v) is 3.92. The number of rotatable bonds is 6. The van der Waals surface area contributed by atoms with Gasteiger partial charge in [0.05, 0.1) is 12.1 Å². The highest BCUT2D eigenvalue weighted by Gasteiger charge is 2.32. The van der Waals surface area contributed by atoms with Gasteiger partial charge in [-0.15, -0.1) is 13.2 Å². The number of nitrogens with one attached hydrogen (secondary N) is 1. The zero-order chi connectivity index (χ0) is 20.1. The van der Waals surface area contributed by atoms with Crippen LogP contribution >= 0.6 is 0 Å². The summed E-state index contributed by atoms with van der Waals surface area (Å²) in [6.45, 7) is 1.60. The van der Waals surface area contributed by atoms with Crippen molar-refractivity contribution in [3.05, 3.63) is 71.6 Å². The van der Waals surface area contributed by atoms with E-state index < -0.39 is 12.3 Å². The molecule has 0 saturated heterocycles. The van der Waals surface area contributed by atoms with E-state index in [1.54, 1.807) is 13.0 Å². The zero-order valence-electron chi connectivity index (χ0n) is 14.9. The molecule has 2 aromatic carbocycles. The highest BCUT2D eigenvalue weighted by Crippen LogP contribution is 2.26. The van der Waals surface area contributed by atoms with E-state index in [1.165, 1.54) is 18.2 Å². The summed E-state index contributed by atoms with van der Waals surface area (Å²) in [6.07, 6.45) is -4.85. The average molecular weight is 390 g/mol. The van der Waals surface area contributed by atoms with E-state index in [2.05, 4.69) is 15.0 Å². The van der Waals surface area contributed by atoms with Crippen LogP contribution < -0.4 is 10.1 Å². The first kappa shape index (κ1) is 19.5. The Kier molecular flexibility index (Phi) is 5.67. The number of alkyl halides is 3. The Morgan fingerprint density at radius 2 is 1.79 bits per heavy atom. The molecule has 0 radical (unpaired) electrons. The number of hydrogen-bond donors (Lipinski definition) is 1. The fourth-order valence-electron chi connectivity index (χ4n) is 2.58. The summed E-state index contributed by atoms with van der Waals surface area (Å²) in [5, 5.41) is 2.58. The topological polar surface area (TPSA) is 64.4 Å². The van der Waals surface area contributed by atoms with E-state index in [9.17, 15) is 18.0 Å². The first-order valence-corrected chi connectivity index (χ1v) is 8.44. The minimum absolute atomic E-state index is 0.0511. The zero-order valence-corrected chi connectivity index (χ0v) is 14.9. The SMILES string of the molecule is Cc1oc(-c2ccccc2)nc1CC(=O)NCc1ccccc1OC(F)(F)F. The molecule has 0 unspecified atom stereocenters. The molecule has 0 fully saturated rings. The Morgan fingerprint density at radius 3 is 2.50 bits per heavy atom. The van der Waals surface area contributed by atoms with Crippen LogP contribution in [0.2, 0.25) is 0 Å². The Balaban J connectivity index is 1.64. The summed E-state index contributed by atoms with van der Waals surface area (Å²) in [6, 6.07) is 14.9. The summed E-state index contributed by atoms with van der Waals surface area (Å²) in [4.78, 5) is 16.6. The van der Waals surface area contributed by atoms with E-state index in [4.69, 9.17) is 4.42 Å². The number of ether oxygens (including phenoxy) is 1. The number of aryl methyl sites for hydroxylation is 1. The molecule has 28 heavy (non-hydrogen) atoms. The summed E-state index contributed by atoms with van der Waals surface area (Å²) >= 11 is 0. The first-order valence-electron chi connectivity index (χ1n) is 8.44. The monoisotopic (exact) mass is 390 g/mol. The Labute approximate surface area is 159 Å². The molecule has 1 heterocycles. The summed E-state index contributed by atoms with van der Waals surface area (Å²) < 4.78 is 47.0. The maximum absolute atomic E-state index is 12.5. The molecule has 8 heteroatoms. The Hall–Kier alpha value is -3.29. The molecule has 1 amide bonds. The quantitative estimate of drug-likeness (QED) is 0.677. The van der Waals surface area contributed by atoms with Gasteiger partial charge in [-0.3, -0.25) is 4.79 Å². The molecule has 0 atom stereocenters. The van der Waals surface area contributed by atoms with Gasteiger partial charge in [-0.2, -0.15) is 0 Å². The van der Waals surface area contributed by atoms with Gasteiger partial charge in [-0.1, -0.05) is 36.4 Å². The molecule has 0 aliphatic rings. The van der Waals surface area contributed by atoms with Crippen molar-refractivity contribution in [1.82, 2.24) is 10.3 Å². The molecule has 3 rings (SSSR count). The van der Waals surface area contributed by atoms with Gasteiger partial charge in [0.1, 0.15) is 11.5 Å². The van der Waals surface area contributed by atoms with Crippen LogP contribution in [0.25, 0.3) is 11.5 Å². The standard InChI is InChI=1S/C20H17F3N2O3/c1-13-16(25-19(27-13)14-7-3-2-4-8-14)11-18(26)24-12-15-9-5-6-10-17(15)28-20(21,22)23/h2-10H,11-12H2,1H3,(H,24,26). The Morgan fingerprint density at radius 1 is 1.11 bits per heavy atom. The van der Waals surface area contributed by atoms with Crippen LogP contribution in [0.4, 0.5) is 13.2 Å². The highest BCUT2D eigenvalue weighted by atomic mass is 19.4. The molecule has 0 aliphatic heterocycles. The van der Waals surface area contributed by atoms with Gasteiger partial charge in [-0.05, 0) is 25.1 Å². The second kappa shape index (κ2) is 8.16. The van der Waals surface area contributed by atoms with Crippen LogP contribution in [0, 0.1) is 6.92 Å². The van der Waals surface area contributed by atoms with Crippen molar-refractivity contribution in [3.63, 3.8) is 0 Å². The first-order chi connectivity index (χ1) is 13.3. The summed E-state index contributed by atoms with van der Waals surface area (Å²) in [5.74, 6) is 0.178. The highest BCUT2D eigenvalue weighted by molar-refractivity contribution is 5.78. The number of halogens is 3. The van der Waals surface area contributed by atoms with Crippen molar-refractivity contribution in [1.29, 1.82) is 0 Å². The van der Waals surface area contributed by atoms with Gasteiger partial charge in [0.25, 0.3) is 0 Å². The van der Waals surface area contributed by atoms with E-state index in [-0.39, 0.29) is 24.3 Å². The van der Waals surface area contributed by atoms with Crippen LogP contribution in [-0.2, 0) is 17.8 Å². The lowest BCUT2D eigenvalue weighted by atomic mass is 10.2. The van der Waals surface area contributed by atoms with Crippen LogP contribution in [0.1, 0.15) is 17.0 Å². The largest absolute Gasteiger partial charge is 0.573 e. The van der Waals surface area contributed by atoms with E-state index >= 15 is 0 Å². The fraction of sp³-hybridized carbons (Fsp3) is 0.200. The number of carbonyl (C=O) groups excluding carboxylic acids is 1. The average Bonchev–Trinajstić information content (AvgIpc) is 3.01. The van der Waals surface area contributed by atoms with Gasteiger partial charge in [-0.25, -0.2) is 4.98 Å². The minimum atomic E-state index is -4.80. The molecule has 1 aromatic heterocycles. The second-order valence-corrected chi connectivity index (χ2v) is 6.00. The van der Waals surface area contributed by atoms with Gasteiger partial charge >= 0.3 is 6.36 Å². The molecule has 146 valence electrons. The van der Waals surface area contributed by atoms with Crippen LogP contribution in [0.5, 0.6) is 5.75 Å². The lowest BCUT2D eigenvalue weighted by Gasteiger charge is -2.13. The molecule has 1 N–H and O–H groups in total. The molecule has 5 nitrogen and oxygen atoms in total. The molecular formula is C20H17F3N2O3. The number of benzene rings is 2. The van der Waals surface area contributed by atoms with Crippen molar-refractivity contribution in [2.75, 3.05) is 0 Å². The number of aromatic nitrogens is 1. The predicted octanol–water partition coefficient (Wildman–Crippen LogP) is 4.41. The smallest absolute Gasteiger partial charge is 0.441 e. The van der Waals surface area contributed by atoms with Crippen LogP contribution in [0.15, 0.2) is 59.0 Å². The lowest BCUT2D eigenvalue weighted by molar-refractivity contribution is -0.274. The molecular weight excluding hydrogens is 373 g/mol. The van der Waals surface area contributed by atoms with E-state index in [0.29, 0.717) is 17.3 Å². The molecule has 0 spiro atoms. The maximum atomic E-state index is 12.5. The van der Waals surface area contributed by atoms with Crippen molar-refractivity contribution in [3.8, 4) is 17.2 Å². The number of amides is 1. The predicted molar refractivity (Wildman–Crippen MR) is 95.4 cm³/mol. The van der Waals surface area contributed by atoms with E-state index in [1.807, 2.05) is 30.3 Å². The van der Waals surface area contributed by atoms with Crippen molar-refractivity contribution < 1.29 is 27.1 Å². The number of hydrogen-bond acceptors (Lipinski definition) is 4. The van der Waals surface area contributed by atoms with Gasteiger partial charge in [0.2, 0.25) is 11.8 Å². The molecule has 0 saturated carbocycles. The lowest BCUT2D eigenvalue weighted by Crippen LogP contribution is -2.26. The third-order valence-electron chi connectivity index (χ3n) is 3.92. The molecule has 0 bridgehead atoms. The van der Waals surface area contributed by atoms with Crippen LogP contribution in [-0.4, -0.2) is 17.3 Å². The normalized spacial score (nSPS) is 11.3. The molecule has 0 aliphatic carbocycles. The van der Waals surface area contributed by atoms with E-state index in [0.717, 1.165) is 5.56 Å². The third kappa shape index (κ3) is 5.12. The number of para-hydroxylation sites is 1. The number of carbonyl (C=O) groups is 1. The molecule has 3 aromatic rings. The minimum Gasteiger partial charge on any atom is -0.441 e. The second-order valence-electron chi connectivity index (χ2n) is 6.00. The van der Waals surface area contributed by atoms with Crippen molar-refractivity contribution in [2.45, 2.75) is 26.3 Å². The summed E-state index contributed by atoms with van der Waals surface area (Å²) in [7, 11) is 0. The van der Waals surface area contributed by atoms with Gasteiger partial charge < -0.3 is 14.5 Å². The van der Waals surface area contributed by atoms with Crippen molar-refractivity contribution >= 4 is 5.91 Å². The summed E-state index contributed by atoms with van der Waals surface area (Å²) in [5.41, 5.74) is 1.47. The van der Waals surface area contributed by atoms with Crippen molar-refractivity contribution in [2.24, 2.45) is 0 Å². The van der Waals surface area contributed by atoms with Crippen LogP contribution in [0.3, 0.4) is 0 Å². The number of nitrogens with zero attached hydrogens (tertiary/aromatic N) is 1. The number of oxazole rings is 1. The van der Waals surface area contributed by atoms with Gasteiger partial charge in [0, 0.05) is 17.7 Å². The maximum Gasteiger partial charge on any atom is 0.573 e. The fourth-order valence-corrected chi connectivity index (χ4v) is 2.58. The van der Waals surface area contributed by atoms with Gasteiger partial charge in [0.15, 0.2) is 0 Å². The Bertz CT molecular complexity index is 953.